The Morgan fingerprint density at radius 3 is 2.58 bits per heavy atom. The molecule has 0 aromatic heterocycles. The van der Waals surface area contributed by atoms with Crippen molar-refractivity contribution in [2.24, 2.45) is 0 Å². The Balaban J connectivity index is 3.38. The molecule has 0 bridgehead atoms. The lowest BCUT2D eigenvalue weighted by Crippen LogP contribution is -2.11. The van der Waals surface area contributed by atoms with Crippen molar-refractivity contribution >= 4 is 17.3 Å². The molecule has 0 radical (unpaired) electrons. The number of hydrogen-bond acceptors (Lipinski definition) is 5. The lowest BCUT2D eigenvalue weighted by molar-refractivity contribution is -0.139. The van der Waals surface area contributed by atoms with Gasteiger partial charge in [0.25, 0.3) is 0 Å². The molecule has 12 heavy (non-hydrogen) atoms. The summed E-state index contributed by atoms with van der Waals surface area (Å²) in [6.07, 6.45) is 0. The third-order valence-electron chi connectivity index (χ3n) is 0.845. The van der Waals surface area contributed by atoms with Gasteiger partial charge in [-0.2, -0.15) is 0 Å². The van der Waals surface area contributed by atoms with Crippen LogP contribution in [0.5, 0.6) is 0 Å². The van der Waals surface area contributed by atoms with Crippen LogP contribution < -0.4 is 0 Å². The number of esters is 1. The fraction of sp³-hybridized carbons (Fsp3) is 0.500. The summed E-state index contributed by atoms with van der Waals surface area (Å²) >= 11 is -2.55. The average molecular weight is 193 g/mol. The van der Waals surface area contributed by atoms with Gasteiger partial charge in [-0.15, -0.1) is 0 Å². The zero-order chi connectivity index (χ0) is 9.56. The van der Waals surface area contributed by atoms with Gasteiger partial charge in [-0.1, -0.05) is 6.58 Å². The van der Waals surface area contributed by atoms with E-state index in [9.17, 15) is 13.6 Å². The topological polar surface area (TPSA) is 75.7 Å². The number of hydrogen-bond donors (Lipinski definition) is 0. The van der Waals surface area contributed by atoms with Gasteiger partial charge >= 0.3 is 5.97 Å². The number of rotatable bonds is 5. The summed E-state index contributed by atoms with van der Waals surface area (Å²) in [6, 6.07) is 0. The SMILES string of the molecule is C=C(C)C(=O)OCCOS(=O)[O-]. The van der Waals surface area contributed by atoms with E-state index in [-0.39, 0.29) is 18.8 Å². The molecule has 70 valence electrons. The highest BCUT2D eigenvalue weighted by Crippen LogP contribution is 1.91. The standard InChI is InChI=1S/C6H10O5S/c1-5(2)6(7)10-3-4-11-12(8)9/h1,3-4H2,2H3,(H,8,9)/p-1. The van der Waals surface area contributed by atoms with Crippen LogP contribution in [0.2, 0.25) is 0 Å². The number of ether oxygens (including phenoxy) is 1. The van der Waals surface area contributed by atoms with Gasteiger partial charge < -0.3 is 9.29 Å². The Bertz CT molecular complexity index is 200. The largest absolute Gasteiger partial charge is 0.750 e. The molecule has 0 saturated carbocycles. The van der Waals surface area contributed by atoms with Crippen LogP contribution in [-0.4, -0.2) is 27.9 Å². The van der Waals surface area contributed by atoms with Crippen LogP contribution >= 0.6 is 0 Å². The predicted octanol–water partition coefficient (Wildman–Crippen LogP) is -0.0836. The van der Waals surface area contributed by atoms with Gasteiger partial charge in [-0.3, -0.25) is 4.18 Å². The monoisotopic (exact) mass is 193 g/mol. The molecular weight excluding hydrogens is 184 g/mol. The summed E-state index contributed by atoms with van der Waals surface area (Å²) in [6.45, 7) is 4.56. The summed E-state index contributed by atoms with van der Waals surface area (Å²) in [4.78, 5) is 10.7. The first kappa shape index (κ1) is 11.3. The van der Waals surface area contributed by atoms with Gasteiger partial charge in [0.2, 0.25) is 0 Å². The molecule has 0 aromatic rings. The lowest BCUT2D eigenvalue weighted by Gasteiger charge is -2.06. The van der Waals surface area contributed by atoms with Gasteiger partial charge in [0.15, 0.2) is 0 Å². The van der Waals surface area contributed by atoms with Gasteiger partial charge in [0, 0.05) is 5.57 Å². The van der Waals surface area contributed by atoms with Crippen molar-refractivity contribution in [2.75, 3.05) is 13.2 Å². The van der Waals surface area contributed by atoms with E-state index in [2.05, 4.69) is 15.5 Å². The summed E-state index contributed by atoms with van der Waals surface area (Å²) in [5, 5.41) is 0. The van der Waals surface area contributed by atoms with Crippen LogP contribution in [0.1, 0.15) is 6.92 Å². The minimum Gasteiger partial charge on any atom is -0.750 e. The highest BCUT2D eigenvalue weighted by Gasteiger charge is 2.01. The minimum atomic E-state index is -2.55. The van der Waals surface area contributed by atoms with Crippen molar-refractivity contribution in [1.82, 2.24) is 0 Å². The van der Waals surface area contributed by atoms with Crippen molar-refractivity contribution in [3.63, 3.8) is 0 Å². The van der Waals surface area contributed by atoms with Crippen LogP contribution in [0.25, 0.3) is 0 Å². The third kappa shape index (κ3) is 6.02. The summed E-state index contributed by atoms with van der Waals surface area (Å²) < 4.78 is 28.2. The van der Waals surface area contributed by atoms with E-state index in [1.165, 1.54) is 6.92 Å². The van der Waals surface area contributed by atoms with Crippen LogP contribution in [0.4, 0.5) is 0 Å². The van der Waals surface area contributed by atoms with Gasteiger partial charge in [-0.25, -0.2) is 9.00 Å². The molecule has 0 N–H and O–H groups in total. The fourth-order valence-corrected chi connectivity index (χ4v) is 0.564. The highest BCUT2D eigenvalue weighted by atomic mass is 32.2. The quantitative estimate of drug-likeness (QED) is 0.264. The highest BCUT2D eigenvalue weighted by molar-refractivity contribution is 7.74. The first-order chi connectivity index (χ1) is 5.54. The molecule has 0 aliphatic rings. The lowest BCUT2D eigenvalue weighted by atomic mass is 10.4. The predicted molar refractivity (Wildman–Crippen MR) is 40.6 cm³/mol. The second-order valence-corrected chi connectivity index (χ2v) is 2.59. The summed E-state index contributed by atoms with van der Waals surface area (Å²) in [7, 11) is 0. The minimum absolute atomic E-state index is 0.0975. The molecule has 0 aliphatic heterocycles. The molecule has 0 aliphatic carbocycles. The van der Waals surface area contributed by atoms with E-state index >= 15 is 0 Å². The molecule has 0 saturated heterocycles. The maximum atomic E-state index is 10.7. The second kappa shape index (κ2) is 5.87. The molecule has 0 amide bonds. The van der Waals surface area contributed by atoms with Crippen molar-refractivity contribution in [2.45, 2.75) is 6.92 Å². The van der Waals surface area contributed by atoms with Crippen LogP contribution in [0.3, 0.4) is 0 Å². The van der Waals surface area contributed by atoms with Gasteiger partial charge in [-0.05, 0) is 6.92 Å². The molecule has 0 fully saturated rings. The first-order valence-electron chi connectivity index (χ1n) is 3.09. The van der Waals surface area contributed by atoms with E-state index < -0.39 is 17.3 Å². The molecular formula is C6H9O5S-. The fourth-order valence-electron chi connectivity index (χ4n) is 0.360. The smallest absolute Gasteiger partial charge is 0.333 e. The Labute approximate surface area is 72.8 Å². The van der Waals surface area contributed by atoms with E-state index in [0.717, 1.165) is 0 Å². The zero-order valence-corrected chi connectivity index (χ0v) is 7.39. The molecule has 0 heterocycles. The number of carbonyl (C=O) groups excluding carboxylic acids is 1. The van der Waals surface area contributed by atoms with Crippen molar-refractivity contribution in [3.8, 4) is 0 Å². The molecule has 1 unspecified atom stereocenters. The second-order valence-electron chi connectivity index (χ2n) is 1.94. The molecule has 0 rings (SSSR count). The van der Waals surface area contributed by atoms with Crippen molar-refractivity contribution in [1.29, 1.82) is 0 Å². The molecule has 1 atom stereocenters. The Morgan fingerprint density at radius 1 is 1.58 bits per heavy atom. The molecule has 0 spiro atoms. The maximum Gasteiger partial charge on any atom is 0.333 e. The Hall–Kier alpha value is -0.720. The molecule has 5 nitrogen and oxygen atoms in total. The van der Waals surface area contributed by atoms with E-state index in [1.54, 1.807) is 0 Å². The number of carbonyl (C=O) groups is 1. The van der Waals surface area contributed by atoms with E-state index in [1.807, 2.05) is 0 Å². The van der Waals surface area contributed by atoms with Crippen LogP contribution in [0.15, 0.2) is 12.2 Å². The normalized spacial score (nSPS) is 12.2. The Morgan fingerprint density at radius 2 is 2.17 bits per heavy atom. The summed E-state index contributed by atoms with van der Waals surface area (Å²) in [5.74, 6) is -0.560. The van der Waals surface area contributed by atoms with Crippen molar-refractivity contribution < 1.29 is 22.5 Å². The van der Waals surface area contributed by atoms with Crippen molar-refractivity contribution in [3.05, 3.63) is 12.2 Å². The first-order valence-corrected chi connectivity index (χ1v) is 4.09. The van der Waals surface area contributed by atoms with E-state index in [0.29, 0.717) is 0 Å². The summed E-state index contributed by atoms with van der Waals surface area (Å²) in [5.41, 5.74) is 0.262. The average Bonchev–Trinajstić information content (AvgIpc) is 1.97. The van der Waals surface area contributed by atoms with E-state index in [4.69, 9.17) is 0 Å². The Kier molecular flexibility index (Phi) is 5.52. The van der Waals surface area contributed by atoms with Crippen LogP contribution in [0, 0.1) is 0 Å². The zero-order valence-electron chi connectivity index (χ0n) is 6.57. The van der Waals surface area contributed by atoms with Crippen LogP contribution in [-0.2, 0) is 25.1 Å². The van der Waals surface area contributed by atoms with Gasteiger partial charge in [0.1, 0.15) is 6.61 Å². The maximum absolute atomic E-state index is 10.7. The van der Waals surface area contributed by atoms with Gasteiger partial charge in [0.05, 0.1) is 18.0 Å². The third-order valence-corrected chi connectivity index (χ3v) is 1.20. The molecule has 6 heteroatoms. The molecule has 0 aromatic carbocycles.